The van der Waals surface area contributed by atoms with Crippen molar-refractivity contribution in [3.05, 3.63) is 88.1 Å². The fourth-order valence-electron chi connectivity index (χ4n) is 3.40. The third kappa shape index (κ3) is 6.40. The lowest BCUT2D eigenvalue weighted by Crippen LogP contribution is -1.97. The topological polar surface area (TPSA) is 111 Å². The molecule has 0 saturated heterocycles. The van der Waals surface area contributed by atoms with Gasteiger partial charge in [0.2, 0.25) is 0 Å². The Morgan fingerprint density at radius 2 is 1.05 bits per heavy atom. The molecule has 0 fully saturated rings. The molecule has 0 spiro atoms. The molecular weight excluding hydrogens is 513 g/mol. The summed E-state index contributed by atoms with van der Waals surface area (Å²) in [4.78, 5) is 12.4. The highest BCUT2D eigenvalue weighted by Gasteiger charge is 2.03. The van der Waals surface area contributed by atoms with E-state index in [0.29, 0.717) is 21.6 Å². The number of fused-ring (bicyclic) bond motifs is 3. The van der Waals surface area contributed by atoms with Crippen LogP contribution in [0.25, 0.3) is 16.9 Å². The van der Waals surface area contributed by atoms with E-state index in [1.54, 1.807) is 28.9 Å². The van der Waals surface area contributed by atoms with E-state index in [9.17, 15) is 0 Å². The van der Waals surface area contributed by atoms with Crippen LogP contribution in [-0.2, 0) is 19.4 Å². The van der Waals surface area contributed by atoms with Crippen molar-refractivity contribution < 1.29 is 5.11 Å². The average Bonchev–Trinajstić information content (AvgIpc) is 3.60. The van der Waals surface area contributed by atoms with Crippen LogP contribution < -0.4 is 0 Å². The van der Waals surface area contributed by atoms with Crippen LogP contribution >= 0.6 is 23.2 Å². The molecule has 0 radical (unpaired) electrons. The van der Waals surface area contributed by atoms with Gasteiger partial charge < -0.3 is 5.11 Å². The predicted octanol–water partition coefficient (Wildman–Crippen LogP) is 5.06. The molecule has 0 aromatic carbocycles. The molecule has 12 heteroatoms. The first-order valence-corrected chi connectivity index (χ1v) is 12.1. The lowest BCUT2D eigenvalue weighted by atomic mass is 10.4. The molecule has 0 aliphatic heterocycles. The van der Waals surface area contributed by atoms with Crippen molar-refractivity contribution in [1.29, 1.82) is 0 Å². The molecular formula is C25H29Cl2N9O. The Morgan fingerprint density at radius 3 is 1.51 bits per heavy atom. The van der Waals surface area contributed by atoms with Crippen LogP contribution in [0.15, 0.2) is 55.0 Å². The first-order chi connectivity index (χ1) is 17.4. The van der Waals surface area contributed by atoms with Gasteiger partial charge in [0.1, 0.15) is 10.3 Å². The number of nitrogens with zero attached hydrogens (tertiary/aromatic N) is 9. The van der Waals surface area contributed by atoms with Crippen molar-refractivity contribution in [3.8, 4) is 0 Å². The third-order valence-corrected chi connectivity index (χ3v) is 5.66. The molecule has 0 amide bonds. The van der Waals surface area contributed by atoms with E-state index in [1.165, 1.54) is 4.52 Å². The number of aromatic nitrogens is 9. The van der Waals surface area contributed by atoms with Gasteiger partial charge in [0.05, 0.1) is 48.0 Å². The van der Waals surface area contributed by atoms with E-state index < -0.39 is 0 Å². The maximum atomic E-state index is 8.87. The fraction of sp³-hybridized carbons (Fsp3) is 0.280. The van der Waals surface area contributed by atoms with Crippen molar-refractivity contribution in [3.63, 3.8) is 0 Å². The first kappa shape index (κ1) is 28.0. The molecule has 0 unspecified atom stereocenters. The normalized spacial score (nSPS) is 10.5. The molecule has 0 saturated carbocycles. The monoisotopic (exact) mass is 541 g/mol. The number of aryl methyl sites for hydroxylation is 3. The molecule has 10 nitrogen and oxygen atoms in total. The molecule has 6 aromatic rings. The summed E-state index contributed by atoms with van der Waals surface area (Å²) in [5, 5.41) is 22.2. The maximum Gasteiger partial charge on any atom is 0.153 e. The van der Waals surface area contributed by atoms with Crippen LogP contribution in [0.3, 0.4) is 0 Å². The van der Waals surface area contributed by atoms with Crippen molar-refractivity contribution in [2.45, 2.75) is 47.6 Å². The number of hydrogen-bond acceptors (Lipinski definition) is 7. The van der Waals surface area contributed by atoms with Crippen LogP contribution in [0.2, 0.25) is 10.3 Å². The summed E-state index contributed by atoms with van der Waals surface area (Å²) >= 11 is 11.4. The smallest absolute Gasteiger partial charge is 0.153 e. The van der Waals surface area contributed by atoms with E-state index in [0.717, 1.165) is 41.2 Å². The Labute approximate surface area is 224 Å². The van der Waals surface area contributed by atoms with Gasteiger partial charge >= 0.3 is 0 Å². The van der Waals surface area contributed by atoms with E-state index in [2.05, 4.69) is 44.1 Å². The molecule has 0 aliphatic rings. The summed E-state index contributed by atoms with van der Waals surface area (Å²) in [5.41, 5.74) is 6.35. The molecule has 1 N–H and O–H groups in total. The van der Waals surface area contributed by atoms with Crippen LogP contribution in [0, 0.1) is 6.92 Å². The number of imidazole rings is 3. The minimum Gasteiger partial charge on any atom is -0.390 e. The van der Waals surface area contributed by atoms with Gasteiger partial charge in [-0.15, -0.1) is 0 Å². The van der Waals surface area contributed by atoms with Crippen LogP contribution in [0.4, 0.5) is 0 Å². The maximum absolute atomic E-state index is 8.87. The van der Waals surface area contributed by atoms with E-state index >= 15 is 0 Å². The molecule has 194 valence electrons. The second-order valence-electron chi connectivity index (χ2n) is 7.71. The number of hydrogen-bond donors (Lipinski definition) is 1. The van der Waals surface area contributed by atoms with Gasteiger partial charge in [-0.05, 0) is 56.2 Å². The van der Waals surface area contributed by atoms with E-state index in [-0.39, 0.29) is 14.0 Å². The number of aliphatic hydroxyl groups is 1. The standard InChI is InChI=1S/C9H11N3.C8H8ClN3.C7H6ClN3O.CH4/c1-3-8-6-10-9-5-4-7(2)11-12(8)9;1-2-6-5-10-8-4-3-7(9)11-12(6)8;8-6-1-2-7-9-3-5(4-12)11(7)10-6;/h4-6H,3H2,1-2H3;3-5H,2H2,1H3;1-3,12H,4H2;1H4. The summed E-state index contributed by atoms with van der Waals surface area (Å²) < 4.78 is 5.18. The zero-order chi connectivity index (χ0) is 25.7. The lowest BCUT2D eigenvalue weighted by molar-refractivity contribution is 0.274. The summed E-state index contributed by atoms with van der Waals surface area (Å²) in [6.45, 7) is 6.06. The molecule has 6 heterocycles. The number of halogens is 2. The highest BCUT2D eigenvalue weighted by Crippen LogP contribution is 2.10. The van der Waals surface area contributed by atoms with Crippen molar-refractivity contribution in [1.82, 2.24) is 43.8 Å². The Bertz CT molecular complexity index is 1420. The second-order valence-corrected chi connectivity index (χ2v) is 8.49. The minimum absolute atomic E-state index is 0. The van der Waals surface area contributed by atoms with Crippen molar-refractivity contribution in [2.75, 3.05) is 0 Å². The van der Waals surface area contributed by atoms with Gasteiger partial charge in [-0.25, -0.2) is 28.5 Å². The lowest BCUT2D eigenvalue weighted by Gasteiger charge is -1.97. The first-order valence-electron chi connectivity index (χ1n) is 11.3. The van der Waals surface area contributed by atoms with Crippen molar-refractivity contribution >= 4 is 40.1 Å². The number of aliphatic hydroxyl groups excluding tert-OH is 1. The zero-order valence-electron chi connectivity index (χ0n) is 20.0. The average molecular weight is 542 g/mol. The van der Waals surface area contributed by atoms with Crippen LogP contribution in [0.5, 0.6) is 0 Å². The summed E-state index contributed by atoms with van der Waals surface area (Å²) in [6, 6.07) is 11.0. The third-order valence-electron chi connectivity index (χ3n) is 5.25. The Morgan fingerprint density at radius 1 is 0.649 bits per heavy atom. The summed E-state index contributed by atoms with van der Waals surface area (Å²) in [7, 11) is 0. The highest BCUT2D eigenvalue weighted by molar-refractivity contribution is 6.29. The molecule has 0 atom stereocenters. The van der Waals surface area contributed by atoms with Gasteiger partial charge in [-0.3, -0.25) is 0 Å². The minimum atomic E-state index is -0.0888. The van der Waals surface area contributed by atoms with Gasteiger partial charge in [-0.2, -0.15) is 15.3 Å². The van der Waals surface area contributed by atoms with E-state index in [4.69, 9.17) is 28.3 Å². The van der Waals surface area contributed by atoms with Crippen LogP contribution in [0.1, 0.15) is 44.0 Å². The Hall–Kier alpha value is -3.60. The van der Waals surface area contributed by atoms with Gasteiger partial charge in [-0.1, -0.05) is 44.5 Å². The summed E-state index contributed by atoms with van der Waals surface area (Å²) in [5.74, 6) is 0. The highest BCUT2D eigenvalue weighted by atomic mass is 35.5. The molecule has 37 heavy (non-hydrogen) atoms. The van der Waals surface area contributed by atoms with Crippen LogP contribution in [-0.4, -0.2) is 48.9 Å². The zero-order valence-corrected chi connectivity index (χ0v) is 21.6. The fourth-order valence-corrected chi connectivity index (χ4v) is 3.68. The quantitative estimate of drug-likeness (QED) is 0.333. The summed E-state index contributed by atoms with van der Waals surface area (Å²) in [6.07, 6.45) is 7.14. The molecule has 6 rings (SSSR count). The van der Waals surface area contributed by atoms with Crippen molar-refractivity contribution in [2.24, 2.45) is 0 Å². The Balaban J connectivity index is 0.000000152. The SMILES string of the molecule is C.CCc1cnc2ccc(C)nn12.CCc1cnc2ccc(Cl)nn12.OCc1cnc2ccc(Cl)nn12. The van der Waals surface area contributed by atoms with Gasteiger partial charge in [0.15, 0.2) is 16.9 Å². The second kappa shape index (κ2) is 12.6. The molecule has 0 bridgehead atoms. The predicted molar refractivity (Wildman–Crippen MR) is 145 cm³/mol. The molecule has 0 aliphatic carbocycles. The molecule has 6 aromatic heterocycles. The van der Waals surface area contributed by atoms with E-state index in [1.807, 2.05) is 42.0 Å². The largest absolute Gasteiger partial charge is 0.390 e. The van der Waals surface area contributed by atoms with Gasteiger partial charge in [0.25, 0.3) is 0 Å². The number of rotatable bonds is 3. The Kier molecular flexibility index (Phi) is 9.51. The van der Waals surface area contributed by atoms with Gasteiger partial charge in [0, 0.05) is 0 Å².